The first-order valence-corrected chi connectivity index (χ1v) is 7.71. The fourth-order valence-electron chi connectivity index (χ4n) is 2.84. The third-order valence-corrected chi connectivity index (χ3v) is 4.89. The van der Waals surface area contributed by atoms with E-state index in [0.29, 0.717) is 12.0 Å². The molecule has 5 heteroatoms. The van der Waals surface area contributed by atoms with E-state index < -0.39 is 0 Å². The lowest BCUT2D eigenvalue weighted by atomic mass is 9.82. The van der Waals surface area contributed by atoms with Crippen LogP contribution in [0.2, 0.25) is 0 Å². The van der Waals surface area contributed by atoms with Gasteiger partial charge in [-0.1, -0.05) is 6.92 Å². The standard InChI is InChI=1S/C12H24N2O2S/c1-2-17-8-11(14-13)10-3-5-16-12(7-10)4-6-15-9-12/h10-11,14H,2-9,13H2,1H3. The Kier molecular flexibility index (Phi) is 5.11. The highest BCUT2D eigenvalue weighted by molar-refractivity contribution is 7.99. The summed E-state index contributed by atoms with van der Waals surface area (Å²) >= 11 is 1.95. The second-order valence-electron chi connectivity index (χ2n) is 5.02. The highest BCUT2D eigenvalue weighted by atomic mass is 32.2. The Morgan fingerprint density at radius 3 is 3.06 bits per heavy atom. The monoisotopic (exact) mass is 260 g/mol. The van der Waals surface area contributed by atoms with Gasteiger partial charge in [-0.2, -0.15) is 11.8 Å². The third-order valence-electron chi connectivity index (χ3n) is 3.88. The molecule has 2 aliphatic heterocycles. The van der Waals surface area contributed by atoms with Crippen molar-refractivity contribution in [3.8, 4) is 0 Å². The van der Waals surface area contributed by atoms with Crippen molar-refractivity contribution in [2.75, 3.05) is 31.3 Å². The minimum atomic E-state index is -0.00506. The maximum Gasteiger partial charge on any atom is 0.0939 e. The fourth-order valence-corrected chi connectivity index (χ4v) is 3.70. The number of hydrazine groups is 1. The molecule has 0 radical (unpaired) electrons. The van der Waals surface area contributed by atoms with Crippen molar-refractivity contribution in [1.82, 2.24) is 5.43 Å². The van der Waals surface area contributed by atoms with Gasteiger partial charge in [-0.25, -0.2) is 0 Å². The number of hydrogen-bond donors (Lipinski definition) is 2. The lowest BCUT2D eigenvalue weighted by molar-refractivity contribution is -0.102. The van der Waals surface area contributed by atoms with Crippen LogP contribution in [0.25, 0.3) is 0 Å². The van der Waals surface area contributed by atoms with E-state index in [9.17, 15) is 0 Å². The molecule has 0 amide bonds. The molecule has 0 aromatic rings. The van der Waals surface area contributed by atoms with Gasteiger partial charge in [0, 0.05) is 31.4 Å². The number of thioether (sulfide) groups is 1. The predicted molar refractivity (Wildman–Crippen MR) is 71.0 cm³/mol. The van der Waals surface area contributed by atoms with E-state index in [1.807, 2.05) is 11.8 Å². The topological polar surface area (TPSA) is 56.5 Å². The van der Waals surface area contributed by atoms with E-state index in [1.54, 1.807) is 0 Å². The number of nitrogens with one attached hydrogen (secondary N) is 1. The number of hydrogen-bond acceptors (Lipinski definition) is 5. The average Bonchev–Trinajstić information content (AvgIpc) is 2.78. The lowest BCUT2D eigenvalue weighted by Crippen LogP contribution is -2.50. The first-order chi connectivity index (χ1) is 8.29. The van der Waals surface area contributed by atoms with Crippen LogP contribution in [-0.4, -0.2) is 43.0 Å². The minimum absolute atomic E-state index is 0.00506. The summed E-state index contributed by atoms with van der Waals surface area (Å²) in [5.74, 6) is 8.56. The predicted octanol–water partition coefficient (Wildman–Crippen LogP) is 1.16. The van der Waals surface area contributed by atoms with Crippen LogP contribution < -0.4 is 11.3 Å². The van der Waals surface area contributed by atoms with Gasteiger partial charge in [0.1, 0.15) is 0 Å². The van der Waals surface area contributed by atoms with E-state index >= 15 is 0 Å². The molecule has 0 aliphatic carbocycles. The molecule has 3 unspecified atom stereocenters. The molecule has 4 nitrogen and oxygen atoms in total. The van der Waals surface area contributed by atoms with Gasteiger partial charge < -0.3 is 9.47 Å². The molecule has 0 aromatic heterocycles. The highest BCUT2D eigenvalue weighted by Crippen LogP contribution is 2.37. The largest absolute Gasteiger partial charge is 0.378 e. The van der Waals surface area contributed by atoms with Crippen molar-refractivity contribution in [2.45, 2.75) is 37.8 Å². The summed E-state index contributed by atoms with van der Waals surface area (Å²) in [6, 6.07) is 0.404. The van der Waals surface area contributed by atoms with E-state index in [4.69, 9.17) is 15.3 Å². The van der Waals surface area contributed by atoms with Crippen LogP contribution in [0.5, 0.6) is 0 Å². The summed E-state index contributed by atoms with van der Waals surface area (Å²) in [5, 5.41) is 0. The van der Waals surface area contributed by atoms with Crippen molar-refractivity contribution >= 4 is 11.8 Å². The zero-order valence-corrected chi connectivity index (χ0v) is 11.4. The molecule has 2 saturated heterocycles. The van der Waals surface area contributed by atoms with E-state index in [1.165, 1.54) is 0 Å². The Balaban J connectivity index is 1.90. The number of ether oxygens (including phenoxy) is 2. The Hall–Kier alpha value is 0.190. The first kappa shape index (κ1) is 13.6. The van der Waals surface area contributed by atoms with Crippen molar-refractivity contribution in [1.29, 1.82) is 0 Å². The molecule has 2 rings (SSSR count). The van der Waals surface area contributed by atoms with Gasteiger partial charge in [0.15, 0.2) is 0 Å². The Bertz CT molecular complexity index is 235. The second kappa shape index (κ2) is 6.38. The van der Waals surface area contributed by atoms with Gasteiger partial charge >= 0.3 is 0 Å². The van der Waals surface area contributed by atoms with Crippen LogP contribution in [-0.2, 0) is 9.47 Å². The quantitative estimate of drug-likeness (QED) is 0.574. The number of rotatable bonds is 5. The normalized spacial score (nSPS) is 35.3. The minimum Gasteiger partial charge on any atom is -0.378 e. The summed E-state index contributed by atoms with van der Waals surface area (Å²) in [6.45, 7) is 4.65. The zero-order valence-electron chi connectivity index (χ0n) is 10.6. The van der Waals surface area contributed by atoms with Gasteiger partial charge in [-0.15, -0.1) is 0 Å². The Labute approximate surface area is 108 Å². The highest BCUT2D eigenvalue weighted by Gasteiger charge is 2.42. The summed E-state index contributed by atoms with van der Waals surface area (Å²) < 4.78 is 11.5. The maximum atomic E-state index is 5.96. The second-order valence-corrected chi connectivity index (χ2v) is 6.34. The Morgan fingerprint density at radius 2 is 2.41 bits per heavy atom. The molecule has 3 N–H and O–H groups in total. The van der Waals surface area contributed by atoms with Crippen LogP contribution in [0.15, 0.2) is 0 Å². The van der Waals surface area contributed by atoms with E-state index in [-0.39, 0.29) is 5.60 Å². The summed E-state index contributed by atoms with van der Waals surface area (Å²) in [7, 11) is 0. The van der Waals surface area contributed by atoms with Crippen molar-refractivity contribution in [2.24, 2.45) is 11.8 Å². The Morgan fingerprint density at radius 1 is 1.53 bits per heavy atom. The maximum absolute atomic E-state index is 5.96. The molecule has 0 saturated carbocycles. The fraction of sp³-hybridized carbons (Fsp3) is 1.00. The molecule has 100 valence electrons. The molecule has 17 heavy (non-hydrogen) atoms. The number of nitrogens with two attached hydrogens (primary N) is 1. The molecule has 3 atom stereocenters. The molecular formula is C12H24N2O2S. The van der Waals surface area contributed by atoms with Gasteiger partial charge in [-0.05, 0) is 24.5 Å². The zero-order chi connectivity index (χ0) is 12.1. The van der Waals surface area contributed by atoms with Crippen LogP contribution in [0.1, 0.15) is 26.2 Å². The SMILES string of the molecule is CCSCC(NN)C1CCOC2(CCOC2)C1. The van der Waals surface area contributed by atoms with Crippen LogP contribution in [0.4, 0.5) is 0 Å². The molecule has 0 aromatic carbocycles. The molecule has 0 bridgehead atoms. The van der Waals surface area contributed by atoms with E-state index in [0.717, 1.165) is 50.6 Å². The molecular weight excluding hydrogens is 236 g/mol. The van der Waals surface area contributed by atoms with Gasteiger partial charge in [0.05, 0.1) is 12.2 Å². The van der Waals surface area contributed by atoms with Gasteiger partial charge in [-0.3, -0.25) is 11.3 Å². The van der Waals surface area contributed by atoms with Gasteiger partial charge in [0.2, 0.25) is 0 Å². The summed E-state index contributed by atoms with van der Waals surface area (Å²) in [4.78, 5) is 0. The van der Waals surface area contributed by atoms with Crippen molar-refractivity contribution in [3.05, 3.63) is 0 Å². The van der Waals surface area contributed by atoms with Crippen molar-refractivity contribution < 1.29 is 9.47 Å². The first-order valence-electron chi connectivity index (χ1n) is 6.55. The lowest BCUT2D eigenvalue weighted by Gasteiger charge is -2.40. The summed E-state index contributed by atoms with van der Waals surface area (Å²) in [6.07, 6.45) is 3.24. The van der Waals surface area contributed by atoms with Crippen LogP contribution >= 0.6 is 11.8 Å². The molecule has 2 aliphatic rings. The van der Waals surface area contributed by atoms with Crippen LogP contribution in [0.3, 0.4) is 0 Å². The van der Waals surface area contributed by atoms with Crippen LogP contribution in [0, 0.1) is 5.92 Å². The average molecular weight is 260 g/mol. The van der Waals surface area contributed by atoms with Gasteiger partial charge in [0.25, 0.3) is 0 Å². The summed E-state index contributed by atoms with van der Waals surface area (Å²) in [5.41, 5.74) is 2.99. The van der Waals surface area contributed by atoms with E-state index in [2.05, 4.69) is 12.3 Å². The smallest absolute Gasteiger partial charge is 0.0939 e. The molecule has 1 spiro atoms. The van der Waals surface area contributed by atoms with Crippen molar-refractivity contribution in [3.63, 3.8) is 0 Å². The third kappa shape index (κ3) is 3.35. The molecule has 2 fully saturated rings. The molecule has 2 heterocycles.